The summed E-state index contributed by atoms with van der Waals surface area (Å²) in [6.45, 7) is 0. The quantitative estimate of drug-likeness (QED) is 0.174. The number of rotatable bonds is 8. The van der Waals surface area contributed by atoms with Gasteiger partial charge in [0.1, 0.15) is 0 Å². The second-order valence-electron chi connectivity index (χ2n) is 3.87. The molecule has 0 aliphatic carbocycles. The van der Waals surface area contributed by atoms with Crippen LogP contribution in [0.1, 0.15) is 2.85 Å². The summed E-state index contributed by atoms with van der Waals surface area (Å²) < 4.78 is 38.0. The van der Waals surface area contributed by atoms with Gasteiger partial charge in [-0.25, -0.2) is 0 Å². The van der Waals surface area contributed by atoms with Crippen molar-refractivity contribution in [1.82, 2.24) is 0 Å². The largest absolute Gasteiger partial charge is 1.00 e. The Balaban J connectivity index is -0.000000480. The summed E-state index contributed by atoms with van der Waals surface area (Å²) >= 11 is -0.273. The third-order valence-corrected chi connectivity index (χ3v) is 4.23. The molecule has 0 radical (unpaired) electrons. The normalized spacial score (nSPS) is 14.7. The molecule has 19 heteroatoms. The Morgan fingerprint density at radius 3 is 1.11 bits per heavy atom. The molecule has 0 bridgehead atoms. The van der Waals surface area contributed by atoms with E-state index in [0.29, 0.717) is 0 Å². The molecule has 27 heavy (non-hydrogen) atoms. The van der Waals surface area contributed by atoms with Gasteiger partial charge in [-0.3, -0.25) is 0 Å². The van der Waals surface area contributed by atoms with Gasteiger partial charge in [-0.2, -0.15) is 0 Å². The smallest absolute Gasteiger partial charge is 1.00 e. The van der Waals surface area contributed by atoms with E-state index in [4.69, 9.17) is 10.2 Å². The molecule has 4 N–H and O–H groups in total. The van der Waals surface area contributed by atoms with E-state index in [-0.39, 0.29) is 153 Å². The van der Waals surface area contributed by atoms with Crippen LogP contribution in [0.15, 0.2) is 0 Å². The van der Waals surface area contributed by atoms with Gasteiger partial charge in [-0.05, 0) is 0 Å². The molecule has 0 fully saturated rings. The van der Waals surface area contributed by atoms with Crippen LogP contribution >= 0.6 is 0 Å². The summed E-state index contributed by atoms with van der Waals surface area (Å²) in [5.41, 5.74) is 0. The number of carbonyl (C=O) groups excluding carboxylic acids is 4. The van der Waals surface area contributed by atoms with E-state index in [1.807, 2.05) is 0 Å². The van der Waals surface area contributed by atoms with Gasteiger partial charge in [0, 0.05) is 0 Å². The summed E-state index contributed by atoms with van der Waals surface area (Å²) in [6, 6.07) is 0. The maximum Gasteiger partial charge on any atom is 1.00 e. The van der Waals surface area contributed by atoms with Gasteiger partial charge in [0.25, 0.3) is 0 Å². The predicted octanol–water partition coefficient (Wildman–Crippen LogP) is -12.8. The summed E-state index contributed by atoms with van der Waals surface area (Å²) in [5, 5.41) is 36.8. The molecule has 0 heterocycles. The topological polar surface area (TPSA) is 220 Å². The summed E-state index contributed by atoms with van der Waals surface area (Å²) in [5.74, 6) is -7.11. The molecule has 0 saturated carbocycles. The molecule has 0 amide bonds. The molecule has 0 rings (SSSR count). The standard InChI is InChI=1S/C8H10O14S.2K.2Sb.6H/c9-1(5(13)14)3(11)7(17)21-23(19,20)22-8(18)4(12)2(10)6(15)16;;;;;;;;;;/h1-4,9-12H,(H,13,14)(H,15,16);;;;;;;;;;/q;4*+1;;;;;2*-1/p-2. The number of hydrogen-bond acceptors (Lipinski definition) is 14. The summed E-state index contributed by atoms with van der Waals surface area (Å²) in [6.07, 6.45) is -10.3. The molecule has 0 saturated heterocycles. The van der Waals surface area contributed by atoms with Crippen LogP contribution in [0.25, 0.3) is 0 Å². The second-order valence-corrected chi connectivity index (χ2v) is 6.36. The maximum atomic E-state index is 11.3. The monoisotopic (exact) mass is 686 g/mol. The Hall–Kier alpha value is 2.58. The zero-order valence-electron chi connectivity index (χ0n) is 15.7. The van der Waals surface area contributed by atoms with Crippen molar-refractivity contribution in [3.8, 4) is 0 Å². The Bertz CT molecular complexity index is 604. The average molecular weight is 688 g/mol. The van der Waals surface area contributed by atoms with Crippen LogP contribution in [0.3, 0.4) is 0 Å². The van der Waals surface area contributed by atoms with Gasteiger partial charge in [-0.1, -0.05) is 0 Å². The van der Waals surface area contributed by atoms with Gasteiger partial charge >= 0.3 is 271 Å². The van der Waals surface area contributed by atoms with Crippen molar-refractivity contribution in [2.75, 3.05) is 0 Å². The number of aliphatic hydroxyl groups excluding tert-OH is 4. The molecule has 0 aromatic heterocycles. The molecule has 0 aliphatic heterocycles. The van der Waals surface area contributed by atoms with Gasteiger partial charge in [0.2, 0.25) is 0 Å². The van der Waals surface area contributed by atoms with E-state index in [9.17, 15) is 37.8 Å². The van der Waals surface area contributed by atoms with E-state index in [2.05, 4.69) is 14.4 Å². The molecular formula is C8H14K2O14SSb2. The van der Waals surface area contributed by atoms with E-state index < -0.39 is 58.7 Å². The fraction of sp³-hybridized carbons (Fsp3) is 0.500. The van der Waals surface area contributed by atoms with E-state index in [1.165, 1.54) is 0 Å². The van der Waals surface area contributed by atoms with Crippen molar-refractivity contribution in [2.45, 2.75) is 24.4 Å². The Labute approximate surface area is 268 Å². The van der Waals surface area contributed by atoms with Crippen molar-refractivity contribution in [2.24, 2.45) is 0 Å². The minimum Gasteiger partial charge on any atom is -1.00 e. The van der Waals surface area contributed by atoms with Gasteiger partial charge < -0.3 is 2.85 Å². The average Bonchev–Trinajstić information content (AvgIpc) is 2.56. The number of hydrogen-bond donors (Lipinski definition) is 4. The van der Waals surface area contributed by atoms with Gasteiger partial charge in [-0.15, -0.1) is 0 Å². The number of carbonyl (C=O) groups is 4. The minimum absolute atomic E-state index is 0. The maximum absolute atomic E-state index is 11.3. The van der Waals surface area contributed by atoms with Crippen molar-refractivity contribution in [3.63, 3.8) is 0 Å². The molecule has 148 valence electrons. The molecule has 0 spiro atoms. The molecule has 0 aromatic rings. The SMILES string of the molecule is O=C([O][SbH2])C(O)C(O)C(=O)OS(=O)(=O)OC(=O)C(O)C(O)C(=O)[O][SbH2].[H-].[H-].[K+].[K+]. The van der Waals surface area contributed by atoms with Crippen molar-refractivity contribution in [1.29, 1.82) is 0 Å². The molecule has 4 atom stereocenters. The van der Waals surface area contributed by atoms with E-state index in [1.54, 1.807) is 0 Å². The number of aliphatic hydroxyl groups is 4. The Morgan fingerprint density at radius 1 is 0.667 bits per heavy atom. The molecular weight excluding hydrogens is 674 g/mol. The predicted molar refractivity (Wildman–Crippen MR) is 76.6 cm³/mol. The summed E-state index contributed by atoms with van der Waals surface area (Å²) in [4.78, 5) is 44.4. The molecule has 0 aromatic carbocycles. The van der Waals surface area contributed by atoms with Crippen LogP contribution in [0.5, 0.6) is 0 Å². The first-order valence-electron chi connectivity index (χ1n) is 5.63. The van der Waals surface area contributed by atoms with Crippen molar-refractivity contribution < 1.29 is 168 Å². The first kappa shape index (κ1) is 34.2. The zero-order chi connectivity index (χ0) is 19.9. The minimum atomic E-state index is -5.53. The first-order valence-corrected chi connectivity index (χ1v) is 9.65. The van der Waals surface area contributed by atoms with Crippen LogP contribution < -0.4 is 103 Å². The van der Waals surface area contributed by atoms with Gasteiger partial charge in [0.05, 0.1) is 0 Å². The van der Waals surface area contributed by atoms with Gasteiger partial charge in [0.15, 0.2) is 0 Å². The van der Waals surface area contributed by atoms with Crippen LogP contribution in [-0.2, 0) is 44.0 Å². The van der Waals surface area contributed by atoms with E-state index >= 15 is 0 Å². The third kappa shape index (κ3) is 12.3. The van der Waals surface area contributed by atoms with Crippen molar-refractivity contribution >= 4 is 81.2 Å². The van der Waals surface area contributed by atoms with E-state index in [0.717, 1.165) is 0 Å². The fourth-order valence-corrected chi connectivity index (χ4v) is 2.40. The molecule has 4 unspecified atom stereocenters. The second kappa shape index (κ2) is 16.2. The molecule has 14 nitrogen and oxygen atoms in total. The van der Waals surface area contributed by atoms with Crippen LogP contribution in [0, 0.1) is 0 Å². The Morgan fingerprint density at radius 2 is 0.889 bits per heavy atom. The Kier molecular flexibility index (Phi) is 20.6. The van der Waals surface area contributed by atoms with Crippen LogP contribution in [0.2, 0.25) is 0 Å². The molecule has 0 aliphatic rings. The van der Waals surface area contributed by atoms with Crippen LogP contribution in [-0.4, -0.2) is 124 Å². The summed E-state index contributed by atoms with van der Waals surface area (Å²) in [7, 11) is -5.53. The first-order chi connectivity index (χ1) is 11.4. The third-order valence-electron chi connectivity index (χ3n) is 2.16. The fourth-order valence-electron chi connectivity index (χ4n) is 0.972. The van der Waals surface area contributed by atoms with Crippen molar-refractivity contribution in [3.05, 3.63) is 0 Å². The van der Waals surface area contributed by atoms with Crippen LogP contribution in [0.4, 0.5) is 0 Å². The zero-order valence-corrected chi connectivity index (χ0v) is 27.4.